The lowest BCUT2D eigenvalue weighted by molar-refractivity contribution is -0.138. The van der Waals surface area contributed by atoms with Gasteiger partial charge in [-0.25, -0.2) is 0 Å². The molecule has 0 bridgehead atoms. The lowest BCUT2D eigenvalue weighted by Crippen LogP contribution is -2.45. The van der Waals surface area contributed by atoms with Gasteiger partial charge >= 0.3 is 0 Å². The van der Waals surface area contributed by atoms with Crippen LogP contribution < -0.4 is 14.8 Å². The molecular weight excluding hydrogens is 466 g/mol. The Balaban J connectivity index is 1.54. The molecule has 1 fully saturated rings. The Morgan fingerprint density at radius 3 is 2.51 bits per heavy atom. The van der Waals surface area contributed by atoms with Gasteiger partial charge in [0.1, 0.15) is 6.04 Å². The monoisotopic (exact) mass is 505 g/mol. The maximum Gasteiger partial charge on any atom is 0.243 e. The molecule has 0 saturated carbocycles. The summed E-state index contributed by atoms with van der Waals surface area (Å²) in [4.78, 5) is 27.8. The van der Waals surface area contributed by atoms with Gasteiger partial charge in [-0.2, -0.15) is 5.26 Å². The van der Waals surface area contributed by atoms with Crippen LogP contribution in [0, 0.1) is 17.2 Å². The number of methoxy groups -OCH3 is 2. The molecule has 0 aliphatic carbocycles. The molecule has 2 atom stereocenters. The highest BCUT2D eigenvalue weighted by Crippen LogP contribution is 2.37. The van der Waals surface area contributed by atoms with Gasteiger partial charge in [0.2, 0.25) is 11.8 Å². The van der Waals surface area contributed by atoms with E-state index in [1.54, 1.807) is 19.1 Å². The van der Waals surface area contributed by atoms with Crippen molar-refractivity contribution in [3.8, 4) is 17.6 Å². The van der Waals surface area contributed by atoms with E-state index in [-0.39, 0.29) is 17.7 Å². The first kappa shape index (κ1) is 28.0. The number of amides is 2. The molecule has 1 saturated heterocycles. The smallest absolute Gasteiger partial charge is 0.243 e. The molecule has 2 amide bonds. The highest BCUT2D eigenvalue weighted by Gasteiger charge is 2.36. The quantitative estimate of drug-likeness (QED) is 0.411. The zero-order valence-corrected chi connectivity index (χ0v) is 22.5. The lowest BCUT2D eigenvalue weighted by atomic mass is 9.69. The minimum absolute atomic E-state index is 0.00317. The summed E-state index contributed by atoms with van der Waals surface area (Å²) in [6, 6.07) is 17.6. The predicted octanol–water partition coefficient (Wildman–Crippen LogP) is 4.99. The van der Waals surface area contributed by atoms with Crippen LogP contribution >= 0.6 is 0 Å². The van der Waals surface area contributed by atoms with E-state index in [1.165, 1.54) is 0 Å². The second-order valence-electron chi connectivity index (χ2n) is 9.93. The molecule has 1 unspecified atom stereocenters. The minimum atomic E-state index is -0.568. The SMILES string of the molecule is COc1cccc(CNC(=O)[C@H]2CCCN2C(=O)CCCCC(C#N)(c2ccccc2)C(C)C)c1OC. The van der Waals surface area contributed by atoms with E-state index in [9.17, 15) is 14.9 Å². The molecule has 37 heavy (non-hydrogen) atoms. The normalized spacial score (nSPS) is 16.6. The van der Waals surface area contributed by atoms with Crippen LogP contribution in [0.5, 0.6) is 11.5 Å². The molecule has 2 aromatic carbocycles. The Bertz CT molecular complexity index is 1100. The number of nitrogens with one attached hydrogen (secondary N) is 1. The number of unbranched alkanes of at least 4 members (excludes halogenated alkanes) is 1. The molecule has 7 heteroatoms. The molecule has 7 nitrogen and oxygen atoms in total. The van der Waals surface area contributed by atoms with E-state index in [2.05, 4.69) is 25.2 Å². The molecule has 3 rings (SSSR count). The fraction of sp³-hybridized carbons (Fsp3) is 0.500. The van der Waals surface area contributed by atoms with E-state index in [0.717, 1.165) is 24.0 Å². The van der Waals surface area contributed by atoms with Crippen LogP contribution in [0.4, 0.5) is 0 Å². The summed E-state index contributed by atoms with van der Waals surface area (Å²) in [5.41, 5.74) is 1.28. The Kier molecular flexibility index (Phi) is 9.96. The number of hydrogen-bond acceptors (Lipinski definition) is 5. The Labute approximate surface area is 220 Å². The summed E-state index contributed by atoms with van der Waals surface area (Å²) in [5, 5.41) is 13.1. The topological polar surface area (TPSA) is 91.7 Å². The molecule has 2 aromatic rings. The van der Waals surface area contributed by atoms with Crippen LogP contribution in [0.15, 0.2) is 48.5 Å². The molecular formula is C30H39N3O4. The van der Waals surface area contributed by atoms with Gasteiger partial charge in [-0.15, -0.1) is 0 Å². The van der Waals surface area contributed by atoms with Gasteiger partial charge in [0, 0.05) is 25.1 Å². The fourth-order valence-electron chi connectivity index (χ4n) is 5.31. The first-order valence-corrected chi connectivity index (χ1v) is 13.1. The number of likely N-dealkylation sites (tertiary alicyclic amines) is 1. The number of carbonyl (C=O) groups is 2. The molecule has 1 N–H and O–H groups in total. The Morgan fingerprint density at radius 1 is 1.11 bits per heavy atom. The number of nitriles is 1. The zero-order chi connectivity index (χ0) is 26.8. The van der Waals surface area contributed by atoms with E-state index >= 15 is 0 Å². The summed E-state index contributed by atoms with van der Waals surface area (Å²) in [7, 11) is 3.15. The van der Waals surface area contributed by atoms with E-state index in [4.69, 9.17) is 9.47 Å². The Hall–Kier alpha value is -3.53. The van der Waals surface area contributed by atoms with Crippen LogP contribution in [-0.4, -0.2) is 43.5 Å². The fourth-order valence-corrected chi connectivity index (χ4v) is 5.31. The maximum atomic E-state index is 13.1. The van der Waals surface area contributed by atoms with Gasteiger partial charge in [0.25, 0.3) is 0 Å². The zero-order valence-electron chi connectivity index (χ0n) is 22.5. The van der Waals surface area contributed by atoms with Crippen molar-refractivity contribution in [3.63, 3.8) is 0 Å². The number of rotatable bonds is 12. The van der Waals surface area contributed by atoms with Crippen molar-refractivity contribution in [2.75, 3.05) is 20.8 Å². The second-order valence-corrected chi connectivity index (χ2v) is 9.93. The van der Waals surface area contributed by atoms with Crippen LogP contribution in [-0.2, 0) is 21.5 Å². The average molecular weight is 506 g/mol. The third-order valence-electron chi connectivity index (χ3n) is 7.50. The second kappa shape index (κ2) is 13.1. The summed E-state index contributed by atoms with van der Waals surface area (Å²) in [6.45, 7) is 5.05. The molecule has 0 radical (unpaired) electrons. The van der Waals surface area contributed by atoms with Crippen LogP contribution in [0.3, 0.4) is 0 Å². The van der Waals surface area contributed by atoms with Crippen molar-refractivity contribution < 1.29 is 19.1 Å². The Morgan fingerprint density at radius 2 is 1.86 bits per heavy atom. The number of ether oxygens (including phenoxy) is 2. The van der Waals surface area contributed by atoms with Crippen LogP contribution in [0.1, 0.15) is 63.5 Å². The molecule has 0 spiro atoms. The molecule has 1 aliphatic rings. The standard InChI is InChI=1S/C30H39N3O4/c1-22(2)30(21-31,24-13-6-5-7-14-24)18-9-8-17-27(34)33-19-11-15-25(33)29(35)32-20-23-12-10-16-26(36-3)28(23)37-4/h5-7,10,12-14,16,22,25H,8-9,11,15,17-20H2,1-4H3,(H,32,35)/t25-,30?/m1/s1. The van der Waals surface area contributed by atoms with Crippen LogP contribution in [0.2, 0.25) is 0 Å². The number of benzene rings is 2. The number of carbonyl (C=O) groups excluding carboxylic acids is 2. The van der Waals surface area contributed by atoms with Gasteiger partial charge < -0.3 is 19.7 Å². The summed E-state index contributed by atoms with van der Waals surface area (Å²) >= 11 is 0. The number of hydrogen-bond donors (Lipinski definition) is 1. The minimum Gasteiger partial charge on any atom is -0.493 e. The number of para-hydroxylation sites is 1. The lowest BCUT2D eigenvalue weighted by Gasteiger charge is -2.31. The first-order chi connectivity index (χ1) is 17.9. The van der Waals surface area contributed by atoms with E-state index < -0.39 is 11.5 Å². The predicted molar refractivity (Wildman–Crippen MR) is 143 cm³/mol. The van der Waals surface area contributed by atoms with Crippen molar-refractivity contribution in [2.24, 2.45) is 5.92 Å². The third kappa shape index (κ3) is 6.43. The van der Waals surface area contributed by atoms with Gasteiger partial charge in [-0.05, 0) is 43.2 Å². The summed E-state index contributed by atoms with van der Waals surface area (Å²) < 4.78 is 10.8. The van der Waals surface area contributed by atoms with Gasteiger partial charge in [-0.1, -0.05) is 62.7 Å². The van der Waals surface area contributed by atoms with Crippen molar-refractivity contribution in [3.05, 3.63) is 59.7 Å². The van der Waals surface area contributed by atoms with Gasteiger partial charge in [0.05, 0.1) is 25.7 Å². The molecule has 1 aliphatic heterocycles. The molecule has 1 heterocycles. The third-order valence-corrected chi connectivity index (χ3v) is 7.50. The number of nitrogens with zero attached hydrogens (tertiary/aromatic N) is 2. The largest absolute Gasteiger partial charge is 0.493 e. The molecule has 198 valence electrons. The first-order valence-electron chi connectivity index (χ1n) is 13.1. The van der Waals surface area contributed by atoms with E-state index in [1.807, 2.05) is 48.5 Å². The van der Waals surface area contributed by atoms with Crippen molar-refractivity contribution >= 4 is 11.8 Å². The van der Waals surface area contributed by atoms with Crippen molar-refractivity contribution in [1.82, 2.24) is 10.2 Å². The average Bonchev–Trinajstić information content (AvgIpc) is 3.42. The van der Waals surface area contributed by atoms with Crippen molar-refractivity contribution in [2.45, 2.75) is 70.4 Å². The van der Waals surface area contributed by atoms with Crippen LogP contribution in [0.25, 0.3) is 0 Å². The summed E-state index contributed by atoms with van der Waals surface area (Å²) in [5.74, 6) is 1.21. The van der Waals surface area contributed by atoms with Crippen molar-refractivity contribution in [1.29, 1.82) is 5.26 Å². The van der Waals surface area contributed by atoms with E-state index in [0.29, 0.717) is 50.3 Å². The highest BCUT2D eigenvalue weighted by atomic mass is 16.5. The van der Waals surface area contributed by atoms with Gasteiger partial charge in [0.15, 0.2) is 11.5 Å². The molecule has 0 aromatic heterocycles. The maximum absolute atomic E-state index is 13.1. The highest BCUT2D eigenvalue weighted by molar-refractivity contribution is 5.88. The summed E-state index contributed by atoms with van der Waals surface area (Å²) in [6.07, 6.45) is 4.00. The van der Waals surface area contributed by atoms with Gasteiger partial charge in [-0.3, -0.25) is 9.59 Å².